The summed E-state index contributed by atoms with van der Waals surface area (Å²) < 4.78 is 47.4. The molecule has 0 N–H and O–H groups in total. The van der Waals surface area contributed by atoms with Crippen molar-refractivity contribution < 1.29 is 17.5 Å². The van der Waals surface area contributed by atoms with Crippen molar-refractivity contribution in [3.8, 4) is 5.75 Å². The molecule has 0 aliphatic rings. The third kappa shape index (κ3) is 4.02. The predicted octanol–water partition coefficient (Wildman–Crippen LogP) is 4.85. The highest BCUT2D eigenvalue weighted by molar-refractivity contribution is 7.92. The van der Waals surface area contributed by atoms with Crippen molar-refractivity contribution in [2.24, 2.45) is 0 Å². The maximum Gasteiger partial charge on any atom is 0.264 e. The molecule has 3 aromatic rings. The van der Waals surface area contributed by atoms with Gasteiger partial charge in [0.1, 0.15) is 11.6 Å². The van der Waals surface area contributed by atoms with Gasteiger partial charge in [0.25, 0.3) is 10.0 Å². The number of hydrogen-bond acceptors (Lipinski definition) is 3. The van der Waals surface area contributed by atoms with Crippen LogP contribution in [0.15, 0.2) is 71.6 Å². The van der Waals surface area contributed by atoms with Gasteiger partial charge < -0.3 is 4.74 Å². The minimum absolute atomic E-state index is 0.101. The Labute approximate surface area is 165 Å². The van der Waals surface area contributed by atoms with E-state index in [4.69, 9.17) is 4.74 Å². The molecule has 0 saturated heterocycles. The number of benzene rings is 3. The minimum atomic E-state index is -3.91. The number of sulfonamides is 1. The van der Waals surface area contributed by atoms with Gasteiger partial charge in [0.2, 0.25) is 0 Å². The van der Waals surface area contributed by atoms with E-state index in [1.807, 2.05) is 31.2 Å². The fourth-order valence-electron chi connectivity index (χ4n) is 2.87. The molecule has 3 rings (SSSR count). The number of methoxy groups -OCH3 is 1. The predicted molar refractivity (Wildman–Crippen MR) is 109 cm³/mol. The first kappa shape index (κ1) is 19.9. The zero-order chi connectivity index (χ0) is 20.3. The van der Waals surface area contributed by atoms with E-state index in [0.29, 0.717) is 11.3 Å². The van der Waals surface area contributed by atoms with Crippen molar-refractivity contribution in [3.05, 3.63) is 89.2 Å². The van der Waals surface area contributed by atoms with Gasteiger partial charge in [-0.2, -0.15) is 0 Å². The highest BCUT2D eigenvalue weighted by Crippen LogP contribution is 2.29. The van der Waals surface area contributed by atoms with Crippen LogP contribution in [0.25, 0.3) is 0 Å². The van der Waals surface area contributed by atoms with Crippen LogP contribution in [0.5, 0.6) is 5.75 Å². The summed E-state index contributed by atoms with van der Waals surface area (Å²) in [6.45, 7) is 3.66. The van der Waals surface area contributed by atoms with Crippen LogP contribution in [0, 0.1) is 19.7 Å². The van der Waals surface area contributed by atoms with Gasteiger partial charge in [-0.25, -0.2) is 12.8 Å². The van der Waals surface area contributed by atoms with Crippen LogP contribution in [0.2, 0.25) is 0 Å². The van der Waals surface area contributed by atoms with Gasteiger partial charge in [-0.15, -0.1) is 0 Å². The summed E-state index contributed by atoms with van der Waals surface area (Å²) in [6.07, 6.45) is 0. The second kappa shape index (κ2) is 8.02. The van der Waals surface area contributed by atoms with E-state index in [2.05, 4.69) is 0 Å². The molecule has 6 heteroatoms. The molecule has 28 heavy (non-hydrogen) atoms. The molecule has 0 radical (unpaired) electrons. The lowest BCUT2D eigenvalue weighted by Gasteiger charge is -2.26. The number of rotatable bonds is 6. The van der Waals surface area contributed by atoms with Gasteiger partial charge in [-0.3, -0.25) is 4.31 Å². The van der Waals surface area contributed by atoms with Crippen molar-refractivity contribution in [1.82, 2.24) is 0 Å². The summed E-state index contributed by atoms with van der Waals surface area (Å²) in [4.78, 5) is 0.114. The lowest BCUT2D eigenvalue weighted by atomic mass is 10.1. The van der Waals surface area contributed by atoms with Crippen LogP contribution >= 0.6 is 0 Å². The lowest BCUT2D eigenvalue weighted by molar-refractivity contribution is 0.414. The normalized spacial score (nSPS) is 11.3. The van der Waals surface area contributed by atoms with Gasteiger partial charge in [-0.1, -0.05) is 30.3 Å². The summed E-state index contributed by atoms with van der Waals surface area (Å²) in [7, 11) is -2.40. The van der Waals surface area contributed by atoms with Gasteiger partial charge in [0.05, 0.1) is 24.2 Å². The SMILES string of the molecule is COc1ccc(S(=O)(=O)N(Cc2ccccc2C)c2ccc(C)c(F)c2)cc1. The van der Waals surface area contributed by atoms with Crippen LogP contribution in [0.1, 0.15) is 16.7 Å². The van der Waals surface area contributed by atoms with Crippen LogP contribution < -0.4 is 9.04 Å². The maximum atomic E-state index is 14.2. The van der Waals surface area contributed by atoms with Crippen molar-refractivity contribution in [3.63, 3.8) is 0 Å². The maximum absolute atomic E-state index is 14.2. The fraction of sp³-hybridized carbons (Fsp3) is 0.182. The van der Waals surface area contributed by atoms with Crippen molar-refractivity contribution in [2.75, 3.05) is 11.4 Å². The number of ether oxygens (including phenoxy) is 1. The molecule has 4 nitrogen and oxygen atoms in total. The molecule has 3 aromatic carbocycles. The second-order valence-electron chi connectivity index (χ2n) is 6.55. The Kier molecular flexibility index (Phi) is 5.70. The zero-order valence-corrected chi connectivity index (χ0v) is 16.8. The van der Waals surface area contributed by atoms with E-state index in [1.165, 1.54) is 29.6 Å². The number of aryl methyl sites for hydroxylation is 2. The van der Waals surface area contributed by atoms with E-state index in [9.17, 15) is 12.8 Å². The van der Waals surface area contributed by atoms with E-state index in [0.717, 1.165) is 11.1 Å². The van der Waals surface area contributed by atoms with Gasteiger partial charge in [-0.05, 0) is 66.9 Å². The molecule has 0 bridgehead atoms. The quantitative estimate of drug-likeness (QED) is 0.595. The largest absolute Gasteiger partial charge is 0.497 e. The summed E-state index contributed by atoms with van der Waals surface area (Å²) in [5.74, 6) is 0.114. The van der Waals surface area contributed by atoms with Crippen LogP contribution in [-0.4, -0.2) is 15.5 Å². The molecule has 0 heterocycles. The molecule has 146 valence electrons. The van der Waals surface area contributed by atoms with E-state index < -0.39 is 15.8 Å². The molecule has 0 fully saturated rings. The third-order valence-electron chi connectivity index (χ3n) is 4.67. The topological polar surface area (TPSA) is 46.6 Å². The molecular formula is C22H22FNO3S. The summed E-state index contributed by atoms with van der Waals surface area (Å²) in [6, 6.07) is 18.2. The van der Waals surface area contributed by atoms with Gasteiger partial charge in [0.15, 0.2) is 0 Å². The van der Waals surface area contributed by atoms with Gasteiger partial charge >= 0.3 is 0 Å². The Morgan fingerprint density at radius 1 is 0.929 bits per heavy atom. The van der Waals surface area contributed by atoms with Crippen LogP contribution in [-0.2, 0) is 16.6 Å². The van der Waals surface area contributed by atoms with Crippen molar-refractivity contribution >= 4 is 15.7 Å². The van der Waals surface area contributed by atoms with Crippen LogP contribution in [0.3, 0.4) is 0 Å². The monoisotopic (exact) mass is 399 g/mol. The molecule has 0 unspecified atom stereocenters. The lowest BCUT2D eigenvalue weighted by Crippen LogP contribution is -2.31. The average Bonchev–Trinajstić information content (AvgIpc) is 2.69. The first-order valence-electron chi connectivity index (χ1n) is 8.80. The molecule has 0 aliphatic carbocycles. The molecule has 0 aliphatic heterocycles. The smallest absolute Gasteiger partial charge is 0.264 e. The molecule has 0 amide bonds. The minimum Gasteiger partial charge on any atom is -0.497 e. The molecule has 0 aromatic heterocycles. The Hall–Kier alpha value is -2.86. The molecule has 0 saturated carbocycles. The number of anilines is 1. The molecule has 0 spiro atoms. The van der Waals surface area contributed by atoms with Crippen molar-refractivity contribution in [1.29, 1.82) is 0 Å². The summed E-state index contributed by atoms with van der Waals surface area (Å²) in [5, 5.41) is 0. The average molecular weight is 399 g/mol. The fourth-order valence-corrected chi connectivity index (χ4v) is 4.30. The zero-order valence-electron chi connectivity index (χ0n) is 16.0. The Morgan fingerprint density at radius 2 is 1.61 bits per heavy atom. The number of nitrogens with zero attached hydrogens (tertiary/aromatic N) is 1. The van der Waals surface area contributed by atoms with E-state index in [1.54, 1.807) is 31.2 Å². The molecule has 0 atom stereocenters. The molecular weight excluding hydrogens is 377 g/mol. The first-order chi connectivity index (χ1) is 13.3. The summed E-state index contributed by atoms with van der Waals surface area (Å²) >= 11 is 0. The first-order valence-corrected chi connectivity index (χ1v) is 10.2. The van der Waals surface area contributed by atoms with E-state index >= 15 is 0 Å². The Balaban J connectivity index is 2.11. The standard InChI is InChI=1S/C22H22FNO3S/c1-16-6-4-5-7-18(16)15-24(19-9-8-17(2)22(23)14-19)28(25,26)21-12-10-20(27-3)11-13-21/h4-14H,15H2,1-3H3. The van der Waals surface area contributed by atoms with Crippen LogP contribution in [0.4, 0.5) is 10.1 Å². The van der Waals surface area contributed by atoms with E-state index in [-0.39, 0.29) is 17.1 Å². The van der Waals surface area contributed by atoms with Crippen molar-refractivity contribution in [2.45, 2.75) is 25.3 Å². The third-order valence-corrected chi connectivity index (χ3v) is 6.45. The second-order valence-corrected chi connectivity index (χ2v) is 8.41. The van der Waals surface area contributed by atoms with Gasteiger partial charge in [0, 0.05) is 0 Å². The highest BCUT2D eigenvalue weighted by atomic mass is 32.2. The Morgan fingerprint density at radius 3 is 2.21 bits per heavy atom. The summed E-state index contributed by atoms with van der Waals surface area (Å²) in [5.41, 5.74) is 2.55. The number of halogens is 1. The highest BCUT2D eigenvalue weighted by Gasteiger charge is 2.26. The number of hydrogen-bond donors (Lipinski definition) is 0. The Bertz CT molecular complexity index is 1080.